The van der Waals surface area contributed by atoms with Crippen molar-refractivity contribution in [3.63, 3.8) is 0 Å². The lowest BCUT2D eigenvalue weighted by molar-refractivity contribution is 0.0921. The van der Waals surface area contributed by atoms with Crippen LogP contribution in [0.5, 0.6) is 0 Å². The first kappa shape index (κ1) is 17.4. The highest BCUT2D eigenvalue weighted by molar-refractivity contribution is 4.85. The molecule has 0 aromatic heterocycles. The second-order valence-corrected chi connectivity index (χ2v) is 8.39. The van der Waals surface area contributed by atoms with Crippen LogP contribution in [0.15, 0.2) is 0 Å². The molecule has 0 aromatic rings. The van der Waals surface area contributed by atoms with Crippen molar-refractivity contribution in [3.8, 4) is 0 Å². The Morgan fingerprint density at radius 1 is 0.714 bits per heavy atom. The van der Waals surface area contributed by atoms with E-state index in [0.29, 0.717) is 0 Å². The lowest BCUT2D eigenvalue weighted by atomic mass is 9.64. The fraction of sp³-hybridized carbons (Fsp3) is 1.00. The smallest absolute Gasteiger partial charge is 0.0360 e. The summed E-state index contributed by atoms with van der Waals surface area (Å²) in [5.74, 6) is 5.32. The molecule has 2 saturated carbocycles. The second kappa shape index (κ2) is 9.21. The van der Waals surface area contributed by atoms with Gasteiger partial charge in [0.25, 0.3) is 0 Å². The van der Waals surface area contributed by atoms with Gasteiger partial charge in [-0.3, -0.25) is 0 Å². The van der Waals surface area contributed by atoms with E-state index in [-0.39, 0.29) is 0 Å². The average molecular weight is 293 g/mol. The molecule has 21 heavy (non-hydrogen) atoms. The Bertz CT molecular complexity index is 261. The van der Waals surface area contributed by atoms with E-state index in [1.54, 1.807) is 44.9 Å². The van der Waals surface area contributed by atoms with Gasteiger partial charge >= 0.3 is 0 Å². The topological polar surface area (TPSA) is 0 Å². The van der Waals surface area contributed by atoms with Crippen LogP contribution in [0.25, 0.3) is 0 Å². The summed E-state index contributed by atoms with van der Waals surface area (Å²) in [6, 6.07) is 0. The molecule has 0 bridgehead atoms. The third-order valence-electron chi connectivity index (χ3n) is 6.75. The fourth-order valence-electron chi connectivity index (χ4n) is 5.49. The van der Waals surface area contributed by atoms with E-state index in [4.69, 9.17) is 0 Å². The first-order chi connectivity index (χ1) is 10.2. The minimum atomic E-state index is 1.01. The van der Waals surface area contributed by atoms with Crippen molar-refractivity contribution in [3.05, 3.63) is 0 Å². The Labute approximate surface area is 134 Å². The highest BCUT2D eigenvalue weighted by Crippen LogP contribution is 2.45. The molecule has 2 fully saturated rings. The zero-order valence-electron chi connectivity index (χ0n) is 15.1. The van der Waals surface area contributed by atoms with Crippen molar-refractivity contribution in [2.75, 3.05) is 0 Å². The molecule has 0 heteroatoms. The highest BCUT2D eigenvalue weighted by atomic mass is 14.4. The van der Waals surface area contributed by atoms with Gasteiger partial charge in [-0.05, 0) is 55.3 Å². The summed E-state index contributed by atoms with van der Waals surface area (Å²) in [6.45, 7) is 7.26. The molecule has 3 unspecified atom stereocenters. The summed E-state index contributed by atoms with van der Waals surface area (Å²) >= 11 is 0. The molecule has 0 radical (unpaired) electrons. The van der Waals surface area contributed by atoms with E-state index in [1.807, 2.05) is 0 Å². The van der Waals surface area contributed by atoms with E-state index in [9.17, 15) is 0 Å². The molecule has 124 valence electrons. The van der Waals surface area contributed by atoms with Crippen LogP contribution in [-0.2, 0) is 0 Å². The molecule has 0 amide bonds. The normalized spacial score (nSPS) is 37.6. The zero-order chi connectivity index (χ0) is 15.1. The molecular weight excluding hydrogens is 252 g/mol. The van der Waals surface area contributed by atoms with Gasteiger partial charge in [0, 0.05) is 0 Å². The molecule has 0 nitrogen and oxygen atoms in total. The molecule has 0 spiro atoms. The summed E-state index contributed by atoms with van der Waals surface area (Å²) in [4.78, 5) is 0. The summed E-state index contributed by atoms with van der Waals surface area (Å²) in [7, 11) is 0. The zero-order valence-corrected chi connectivity index (χ0v) is 15.1. The van der Waals surface area contributed by atoms with Crippen LogP contribution < -0.4 is 0 Å². The van der Waals surface area contributed by atoms with Gasteiger partial charge in [0.2, 0.25) is 0 Å². The molecule has 0 heterocycles. The van der Waals surface area contributed by atoms with E-state index < -0.39 is 0 Å². The SMILES string of the molecule is CCCCCC1CCC(C2CCC(CCC)CC2)C(C)C1. The maximum Gasteiger partial charge on any atom is -0.0360 e. The Morgan fingerprint density at radius 3 is 2.05 bits per heavy atom. The molecule has 2 aliphatic carbocycles. The maximum atomic E-state index is 2.58. The minimum absolute atomic E-state index is 1.01. The predicted octanol–water partition coefficient (Wildman–Crippen LogP) is 7.23. The van der Waals surface area contributed by atoms with Crippen molar-refractivity contribution < 1.29 is 0 Å². The average Bonchev–Trinajstić information content (AvgIpc) is 2.49. The maximum absolute atomic E-state index is 2.58. The van der Waals surface area contributed by atoms with Crippen molar-refractivity contribution >= 4 is 0 Å². The van der Waals surface area contributed by atoms with Crippen LogP contribution >= 0.6 is 0 Å². The summed E-state index contributed by atoms with van der Waals surface area (Å²) in [5, 5.41) is 0. The number of hydrogen-bond donors (Lipinski definition) is 0. The van der Waals surface area contributed by atoms with Crippen molar-refractivity contribution in [1.29, 1.82) is 0 Å². The highest BCUT2D eigenvalue weighted by Gasteiger charge is 2.34. The van der Waals surface area contributed by atoms with Crippen LogP contribution in [-0.4, -0.2) is 0 Å². The molecule has 2 rings (SSSR count). The van der Waals surface area contributed by atoms with Crippen LogP contribution in [0.2, 0.25) is 0 Å². The van der Waals surface area contributed by atoms with Gasteiger partial charge in [-0.25, -0.2) is 0 Å². The first-order valence-corrected chi connectivity index (χ1v) is 10.2. The molecule has 0 N–H and O–H groups in total. The van der Waals surface area contributed by atoms with E-state index >= 15 is 0 Å². The third kappa shape index (κ3) is 5.29. The molecule has 3 atom stereocenters. The molecule has 0 aliphatic heterocycles. The van der Waals surface area contributed by atoms with Crippen molar-refractivity contribution in [2.24, 2.45) is 29.6 Å². The molecule has 0 saturated heterocycles. The summed E-state index contributed by atoms with van der Waals surface area (Å²) < 4.78 is 0. The number of rotatable bonds is 7. The quantitative estimate of drug-likeness (QED) is 0.434. The summed E-state index contributed by atoms with van der Waals surface area (Å²) in [6.07, 6.45) is 19.6. The van der Waals surface area contributed by atoms with Crippen molar-refractivity contribution in [2.45, 2.75) is 104 Å². The van der Waals surface area contributed by atoms with Crippen LogP contribution in [0.4, 0.5) is 0 Å². The second-order valence-electron chi connectivity index (χ2n) is 8.39. The Morgan fingerprint density at radius 2 is 1.43 bits per heavy atom. The third-order valence-corrected chi connectivity index (χ3v) is 6.75. The van der Waals surface area contributed by atoms with Crippen LogP contribution in [0, 0.1) is 29.6 Å². The largest absolute Gasteiger partial charge is 0.0654 e. The molecular formula is C21H40. The van der Waals surface area contributed by atoms with Crippen LogP contribution in [0.3, 0.4) is 0 Å². The van der Waals surface area contributed by atoms with E-state index in [0.717, 1.165) is 29.6 Å². The van der Waals surface area contributed by atoms with Gasteiger partial charge in [-0.15, -0.1) is 0 Å². The van der Waals surface area contributed by atoms with Gasteiger partial charge in [-0.1, -0.05) is 78.6 Å². The Balaban J connectivity index is 1.71. The lowest BCUT2D eigenvalue weighted by Gasteiger charge is -2.42. The first-order valence-electron chi connectivity index (χ1n) is 10.2. The van der Waals surface area contributed by atoms with Gasteiger partial charge < -0.3 is 0 Å². The van der Waals surface area contributed by atoms with Gasteiger partial charge in [-0.2, -0.15) is 0 Å². The number of unbranched alkanes of at least 4 members (excludes halogenated alkanes) is 2. The van der Waals surface area contributed by atoms with Crippen LogP contribution in [0.1, 0.15) is 104 Å². The molecule has 0 aromatic carbocycles. The monoisotopic (exact) mass is 292 g/mol. The Kier molecular flexibility index (Phi) is 7.61. The lowest BCUT2D eigenvalue weighted by Crippen LogP contribution is -2.31. The van der Waals surface area contributed by atoms with E-state index in [2.05, 4.69) is 20.8 Å². The van der Waals surface area contributed by atoms with Gasteiger partial charge in [0.15, 0.2) is 0 Å². The summed E-state index contributed by atoms with van der Waals surface area (Å²) in [5.41, 5.74) is 0. The predicted molar refractivity (Wildman–Crippen MR) is 94.5 cm³/mol. The fourth-order valence-corrected chi connectivity index (χ4v) is 5.49. The Hall–Kier alpha value is 0. The van der Waals surface area contributed by atoms with Gasteiger partial charge in [0.1, 0.15) is 0 Å². The van der Waals surface area contributed by atoms with Gasteiger partial charge in [0.05, 0.1) is 0 Å². The number of hydrogen-bond acceptors (Lipinski definition) is 0. The van der Waals surface area contributed by atoms with Crippen molar-refractivity contribution in [1.82, 2.24) is 0 Å². The van der Waals surface area contributed by atoms with E-state index in [1.165, 1.54) is 38.5 Å². The molecule has 2 aliphatic rings. The standard InChI is InChI=1S/C21H40/c1-4-6-7-9-19-12-15-21(17(3)16-19)20-13-10-18(8-5-2)11-14-20/h17-21H,4-16H2,1-3H3. The minimum Gasteiger partial charge on any atom is -0.0654 e.